The summed E-state index contributed by atoms with van der Waals surface area (Å²) in [6.07, 6.45) is 2.69. The smallest absolute Gasteiger partial charge is 0.341 e. The van der Waals surface area contributed by atoms with Gasteiger partial charge in [0.25, 0.3) is 0 Å². The zero-order chi connectivity index (χ0) is 20.1. The summed E-state index contributed by atoms with van der Waals surface area (Å²) in [5.74, 6) is -0.529. The molecule has 0 saturated heterocycles. The third-order valence-electron chi connectivity index (χ3n) is 4.68. The van der Waals surface area contributed by atoms with E-state index >= 15 is 0 Å². The number of ether oxygens (including phenoxy) is 1. The van der Waals surface area contributed by atoms with Crippen LogP contribution in [0.4, 0.5) is 0 Å². The summed E-state index contributed by atoms with van der Waals surface area (Å²) in [6, 6.07) is 12.7. The van der Waals surface area contributed by atoms with Gasteiger partial charge in [-0.15, -0.1) is 0 Å². The molecule has 0 radical (unpaired) electrons. The highest BCUT2D eigenvalue weighted by Crippen LogP contribution is 2.33. The summed E-state index contributed by atoms with van der Waals surface area (Å²) in [5, 5.41) is 23.8. The molecule has 3 rings (SSSR count). The average Bonchev–Trinajstić information content (AvgIpc) is 3.12. The van der Waals surface area contributed by atoms with Crippen molar-refractivity contribution in [2.45, 2.75) is 25.4 Å². The average molecular weight is 403 g/mol. The van der Waals surface area contributed by atoms with Gasteiger partial charge in [-0.2, -0.15) is 0 Å². The summed E-state index contributed by atoms with van der Waals surface area (Å²) in [6.45, 7) is 1.60. The van der Waals surface area contributed by atoms with Crippen LogP contribution < -0.4 is 10.1 Å². The Hall–Kier alpha value is -2.54. The summed E-state index contributed by atoms with van der Waals surface area (Å²) in [7, 11) is 0. The maximum Gasteiger partial charge on any atom is 0.341 e. The normalized spacial score (nSPS) is 13.4. The molecule has 0 spiro atoms. The number of nitrogens with one attached hydrogen (secondary N) is 2. The molecule has 0 saturated carbocycles. The molecular formula is C21H23ClN2O4. The largest absolute Gasteiger partial charge is 0.480 e. The lowest BCUT2D eigenvalue weighted by Gasteiger charge is -2.24. The van der Waals surface area contributed by atoms with Crippen LogP contribution in [0.5, 0.6) is 5.75 Å². The standard InChI is InChI=1S/C21H23ClN2O4/c1-2-17(24-18(11-25)13-5-3-6-14(22)9-13)16-10-23-21-15(16)7-4-8-19(21)28-12-20(26)27/h3-10,17-18,23-25H,2,11-12H2,1H3,(H,26,27)/t17-,18+/m1/s1. The monoisotopic (exact) mass is 402 g/mol. The lowest BCUT2D eigenvalue weighted by atomic mass is 10.00. The number of carbonyl (C=O) groups is 1. The topological polar surface area (TPSA) is 94.6 Å². The highest BCUT2D eigenvalue weighted by molar-refractivity contribution is 6.30. The van der Waals surface area contributed by atoms with Crippen molar-refractivity contribution in [3.8, 4) is 5.75 Å². The molecule has 28 heavy (non-hydrogen) atoms. The summed E-state index contributed by atoms with van der Waals surface area (Å²) >= 11 is 6.09. The van der Waals surface area contributed by atoms with E-state index < -0.39 is 12.6 Å². The van der Waals surface area contributed by atoms with Crippen molar-refractivity contribution in [2.75, 3.05) is 13.2 Å². The number of halogens is 1. The van der Waals surface area contributed by atoms with Gasteiger partial charge < -0.3 is 25.3 Å². The Morgan fingerprint density at radius 2 is 2.04 bits per heavy atom. The molecule has 1 heterocycles. The summed E-state index contributed by atoms with van der Waals surface area (Å²) in [5.41, 5.74) is 2.69. The van der Waals surface area contributed by atoms with Crippen LogP contribution in [0.1, 0.15) is 36.6 Å². The maximum absolute atomic E-state index is 10.8. The number of aromatic amines is 1. The minimum absolute atomic E-state index is 0.0281. The lowest BCUT2D eigenvalue weighted by Crippen LogP contribution is -2.28. The maximum atomic E-state index is 10.8. The molecule has 2 atom stereocenters. The van der Waals surface area contributed by atoms with E-state index in [-0.39, 0.29) is 18.7 Å². The van der Waals surface area contributed by atoms with E-state index in [1.807, 2.05) is 36.5 Å². The Bertz CT molecular complexity index is 956. The van der Waals surface area contributed by atoms with Crippen LogP contribution >= 0.6 is 11.6 Å². The zero-order valence-corrected chi connectivity index (χ0v) is 16.2. The van der Waals surface area contributed by atoms with Crippen LogP contribution in [0.2, 0.25) is 5.02 Å². The number of benzene rings is 2. The minimum Gasteiger partial charge on any atom is -0.480 e. The van der Waals surface area contributed by atoms with Crippen molar-refractivity contribution in [1.82, 2.24) is 10.3 Å². The van der Waals surface area contributed by atoms with E-state index in [4.69, 9.17) is 21.4 Å². The molecule has 4 N–H and O–H groups in total. The summed E-state index contributed by atoms with van der Waals surface area (Å²) < 4.78 is 5.39. The van der Waals surface area contributed by atoms with Crippen molar-refractivity contribution in [1.29, 1.82) is 0 Å². The highest BCUT2D eigenvalue weighted by atomic mass is 35.5. The lowest BCUT2D eigenvalue weighted by molar-refractivity contribution is -0.139. The first-order valence-corrected chi connectivity index (χ1v) is 9.48. The van der Waals surface area contributed by atoms with Gasteiger partial charge in [0.2, 0.25) is 0 Å². The minimum atomic E-state index is -1.02. The van der Waals surface area contributed by atoms with Crippen LogP contribution in [0.25, 0.3) is 10.9 Å². The number of aliphatic hydroxyl groups excluding tert-OH is 1. The predicted octanol–water partition coefficient (Wildman–Crippen LogP) is 4.06. The molecule has 148 valence electrons. The number of H-pyrrole nitrogens is 1. The van der Waals surface area contributed by atoms with E-state index in [2.05, 4.69) is 17.2 Å². The molecule has 0 fully saturated rings. The molecule has 0 unspecified atom stereocenters. The van der Waals surface area contributed by atoms with Gasteiger partial charge >= 0.3 is 5.97 Å². The Morgan fingerprint density at radius 1 is 1.25 bits per heavy atom. The molecule has 3 aromatic rings. The molecule has 0 amide bonds. The number of fused-ring (bicyclic) bond motifs is 1. The van der Waals surface area contributed by atoms with Crippen molar-refractivity contribution < 1.29 is 19.7 Å². The van der Waals surface area contributed by atoms with Crippen LogP contribution in [0.15, 0.2) is 48.7 Å². The Balaban J connectivity index is 1.88. The fourth-order valence-corrected chi connectivity index (χ4v) is 3.54. The second-order valence-corrected chi connectivity index (χ2v) is 6.96. The van der Waals surface area contributed by atoms with Crippen LogP contribution in [0, 0.1) is 0 Å². The first kappa shape index (κ1) is 20.2. The number of hydrogen-bond donors (Lipinski definition) is 4. The van der Waals surface area contributed by atoms with Crippen molar-refractivity contribution >= 4 is 28.5 Å². The third-order valence-corrected chi connectivity index (χ3v) is 4.92. The number of aliphatic carboxylic acids is 1. The van der Waals surface area contributed by atoms with Gasteiger partial charge in [0.1, 0.15) is 5.75 Å². The number of carboxylic acids is 1. The van der Waals surface area contributed by atoms with Gasteiger partial charge in [-0.3, -0.25) is 0 Å². The quantitative estimate of drug-likeness (QED) is 0.433. The van der Waals surface area contributed by atoms with E-state index in [0.717, 1.165) is 28.5 Å². The van der Waals surface area contributed by atoms with E-state index in [0.29, 0.717) is 10.8 Å². The number of rotatable bonds is 9. The van der Waals surface area contributed by atoms with Crippen molar-refractivity contribution in [3.05, 3.63) is 64.8 Å². The Kier molecular flexibility index (Phi) is 6.57. The zero-order valence-electron chi connectivity index (χ0n) is 15.5. The molecular weight excluding hydrogens is 380 g/mol. The van der Waals surface area contributed by atoms with Gasteiger partial charge in [-0.05, 0) is 35.7 Å². The second kappa shape index (κ2) is 9.10. The first-order valence-electron chi connectivity index (χ1n) is 9.10. The number of hydrogen-bond acceptors (Lipinski definition) is 4. The molecule has 6 nitrogen and oxygen atoms in total. The molecule has 0 aliphatic carbocycles. The number of para-hydroxylation sites is 1. The Morgan fingerprint density at radius 3 is 2.71 bits per heavy atom. The van der Waals surface area contributed by atoms with E-state index in [1.54, 1.807) is 12.1 Å². The Labute approximate surface area is 168 Å². The van der Waals surface area contributed by atoms with Gasteiger partial charge in [0.15, 0.2) is 6.61 Å². The SMILES string of the molecule is CC[C@@H](N[C@@H](CO)c1cccc(Cl)c1)c1c[nH]c2c(OCC(=O)O)cccc12. The van der Waals surface area contributed by atoms with Crippen molar-refractivity contribution in [3.63, 3.8) is 0 Å². The van der Waals surface area contributed by atoms with Crippen molar-refractivity contribution in [2.24, 2.45) is 0 Å². The van der Waals surface area contributed by atoms with Crippen LogP contribution in [-0.4, -0.2) is 34.4 Å². The highest BCUT2D eigenvalue weighted by Gasteiger charge is 2.20. The van der Waals surface area contributed by atoms with Gasteiger partial charge in [-0.25, -0.2) is 4.79 Å². The molecule has 0 bridgehead atoms. The molecule has 1 aromatic heterocycles. The number of carboxylic acid groups (broad SMARTS) is 1. The van der Waals surface area contributed by atoms with Crippen LogP contribution in [-0.2, 0) is 4.79 Å². The third kappa shape index (κ3) is 4.47. The number of aliphatic hydroxyl groups is 1. The predicted molar refractivity (Wildman–Crippen MR) is 109 cm³/mol. The fraction of sp³-hybridized carbons (Fsp3) is 0.286. The summed E-state index contributed by atoms with van der Waals surface area (Å²) in [4.78, 5) is 14.0. The molecule has 0 aliphatic heterocycles. The van der Waals surface area contributed by atoms with Gasteiger partial charge in [0, 0.05) is 22.6 Å². The van der Waals surface area contributed by atoms with Gasteiger partial charge in [0.05, 0.1) is 18.2 Å². The number of aromatic nitrogens is 1. The molecule has 0 aliphatic rings. The van der Waals surface area contributed by atoms with Crippen LogP contribution in [0.3, 0.4) is 0 Å². The van der Waals surface area contributed by atoms with Gasteiger partial charge in [-0.1, -0.05) is 42.8 Å². The first-order chi connectivity index (χ1) is 13.5. The fourth-order valence-electron chi connectivity index (χ4n) is 3.34. The van der Waals surface area contributed by atoms with E-state index in [9.17, 15) is 9.90 Å². The molecule has 2 aromatic carbocycles. The van der Waals surface area contributed by atoms with E-state index in [1.165, 1.54) is 0 Å². The molecule has 7 heteroatoms. The second-order valence-electron chi connectivity index (χ2n) is 6.52.